The van der Waals surface area contributed by atoms with E-state index in [1.165, 1.54) is 37.4 Å². The van der Waals surface area contributed by atoms with Crippen molar-refractivity contribution < 1.29 is 37.1 Å². The lowest BCUT2D eigenvalue weighted by Gasteiger charge is -2.32. The number of rotatable bonds is 10. The van der Waals surface area contributed by atoms with Crippen LogP contribution in [0.4, 0.5) is 17.1 Å². The van der Waals surface area contributed by atoms with Gasteiger partial charge < -0.3 is 10.1 Å². The minimum atomic E-state index is -4.69. The minimum Gasteiger partial charge on any atom is -0.382 e. The molecule has 2 amide bonds. The molecule has 0 fully saturated rings. The maximum atomic E-state index is 14.0. The number of nitrogens with one attached hydrogen (secondary N) is 1. The first-order valence-corrected chi connectivity index (χ1v) is 12.8. The zero-order valence-electron chi connectivity index (χ0n) is 20.9. The molecular weight excluding hydrogens is 536 g/mol. The molecule has 0 aliphatic heterocycles. The molecule has 3 aromatic rings. The van der Waals surface area contributed by atoms with Crippen LogP contribution >= 0.6 is 0 Å². The molecule has 0 radical (unpaired) electrons. The van der Waals surface area contributed by atoms with Crippen molar-refractivity contribution in [3.05, 3.63) is 80.4 Å². The summed E-state index contributed by atoms with van der Waals surface area (Å²) in [5, 5.41) is 25.7. The van der Waals surface area contributed by atoms with Crippen molar-refractivity contribution in [3.8, 4) is 0 Å². The molecule has 14 nitrogen and oxygen atoms in total. The summed E-state index contributed by atoms with van der Waals surface area (Å²) in [6, 6.07) is 8.65. The predicted molar refractivity (Wildman–Crippen MR) is 139 cm³/mol. The molecule has 15 heteroatoms. The third-order valence-corrected chi connectivity index (χ3v) is 6.47. The van der Waals surface area contributed by atoms with Crippen molar-refractivity contribution >= 4 is 49.8 Å². The number of benzene rings is 3. The van der Waals surface area contributed by atoms with Crippen molar-refractivity contribution in [1.29, 1.82) is 0 Å². The molecule has 0 saturated carbocycles. The van der Waals surface area contributed by atoms with Crippen molar-refractivity contribution in [3.63, 3.8) is 0 Å². The Morgan fingerprint density at radius 3 is 2.08 bits per heavy atom. The molecular formula is C24H24N4O10S. The van der Waals surface area contributed by atoms with Crippen LogP contribution in [0.2, 0.25) is 0 Å². The Hall–Kier alpha value is -4.47. The number of amides is 2. The van der Waals surface area contributed by atoms with E-state index in [9.17, 15) is 42.8 Å². The van der Waals surface area contributed by atoms with E-state index < -0.39 is 59.7 Å². The van der Waals surface area contributed by atoms with E-state index in [1.807, 2.05) is 0 Å². The highest BCUT2D eigenvalue weighted by Crippen LogP contribution is 2.34. The van der Waals surface area contributed by atoms with Crippen molar-refractivity contribution in [2.75, 3.05) is 18.6 Å². The van der Waals surface area contributed by atoms with Crippen LogP contribution in [-0.4, -0.2) is 60.4 Å². The third kappa shape index (κ3) is 6.34. The highest BCUT2D eigenvalue weighted by molar-refractivity contribution is 7.86. The van der Waals surface area contributed by atoms with E-state index in [-0.39, 0.29) is 29.1 Å². The number of nitrogens with zero attached hydrogens (tertiary/aromatic N) is 3. The molecule has 0 aliphatic carbocycles. The lowest BCUT2D eigenvalue weighted by Crippen LogP contribution is -2.53. The fraction of sp³-hybridized carbons (Fsp3) is 0.250. The Kier molecular flexibility index (Phi) is 8.58. The van der Waals surface area contributed by atoms with Gasteiger partial charge in [-0.3, -0.25) is 39.3 Å². The number of fused-ring (bicyclic) bond motifs is 1. The number of methoxy groups -OCH3 is 1. The number of carbonyl (C=O) groups is 2. The molecule has 0 aromatic heterocycles. The maximum Gasteiger partial charge on any atom is 0.295 e. The van der Waals surface area contributed by atoms with E-state index in [4.69, 9.17) is 4.74 Å². The predicted octanol–water partition coefficient (Wildman–Crippen LogP) is 3.09. The summed E-state index contributed by atoms with van der Waals surface area (Å²) in [7, 11) is -3.42. The van der Waals surface area contributed by atoms with E-state index in [1.54, 1.807) is 13.8 Å². The van der Waals surface area contributed by atoms with Crippen LogP contribution in [0.3, 0.4) is 0 Å². The average Bonchev–Trinajstić information content (AvgIpc) is 2.86. The monoisotopic (exact) mass is 560 g/mol. The molecule has 1 atom stereocenters. The summed E-state index contributed by atoms with van der Waals surface area (Å²) in [5.41, 5.74) is -1.95. The fourth-order valence-corrected chi connectivity index (χ4v) is 4.70. The first kappa shape index (κ1) is 29.1. The van der Waals surface area contributed by atoms with Gasteiger partial charge >= 0.3 is 0 Å². The van der Waals surface area contributed by atoms with Crippen LogP contribution < -0.4 is 10.2 Å². The molecule has 39 heavy (non-hydrogen) atoms. The standard InChI is InChI=1S/C24H24N4O10S/c1-14(2)25-23(29)21(13-38-3)26(24(30)15-10-16(27(31)32)12-17(11-15)28(33)34)20-8-4-7-19-18(20)6-5-9-22(19)39(35,36)37/h4-12,14,21H,13H2,1-3H3,(H,25,29)(H,35,36,37). The van der Waals surface area contributed by atoms with E-state index in [0.29, 0.717) is 6.07 Å². The molecule has 0 aliphatic rings. The number of non-ortho nitro benzene ring substituents is 2. The van der Waals surface area contributed by atoms with Gasteiger partial charge in [0.15, 0.2) is 0 Å². The number of carbonyl (C=O) groups excluding carboxylic acids is 2. The zero-order valence-corrected chi connectivity index (χ0v) is 21.7. The molecule has 0 saturated heterocycles. The second-order valence-electron chi connectivity index (χ2n) is 8.67. The Morgan fingerprint density at radius 2 is 1.56 bits per heavy atom. The van der Waals surface area contributed by atoms with Gasteiger partial charge in [-0.1, -0.05) is 24.3 Å². The largest absolute Gasteiger partial charge is 0.382 e. The average molecular weight is 561 g/mol. The van der Waals surface area contributed by atoms with Crippen LogP contribution in [-0.2, 0) is 19.6 Å². The topological polar surface area (TPSA) is 199 Å². The van der Waals surface area contributed by atoms with Gasteiger partial charge in [0.2, 0.25) is 5.91 Å². The second-order valence-corrected chi connectivity index (χ2v) is 10.1. The van der Waals surface area contributed by atoms with Gasteiger partial charge in [-0.25, -0.2) is 0 Å². The molecule has 3 rings (SSSR count). The smallest absolute Gasteiger partial charge is 0.295 e. The van der Waals surface area contributed by atoms with Crippen molar-refractivity contribution in [1.82, 2.24) is 5.32 Å². The summed E-state index contributed by atoms with van der Waals surface area (Å²) in [6.45, 7) is 2.98. The summed E-state index contributed by atoms with van der Waals surface area (Å²) in [4.78, 5) is 48.9. The fourth-order valence-electron chi connectivity index (χ4n) is 3.99. The molecule has 0 spiro atoms. The number of anilines is 1. The maximum absolute atomic E-state index is 14.0. The molecule has 0 bridgehead atoms. The summed E-state index contributed by atoms with van der Waals surface area (Å²) < 4.78 is 39.0. The lowest BCUT2D eigenvalue weighted by molar-refractivity contribution is -0.394. The Morgan fingerprint density at radius 1 is 1.00 bits per heavy atom. The van der Waals surface area contributed by atoms with Crippen LogP contribution in [0.15, 0.2) is 59.5 Å². The van der Waals surface area contributed by atoms with Crippen LogP contribution in [0, 0.1) is 20.2 Å². The zero-order chi connectivity index (χ0) is 29.1. The summed E-state index contributed by atoms with van der Waals surface area (Å²) >= 11 is 0. The SMILES string of the molecule is COCC(C(=O)NC(C)C)N(C(=O)c1cc([N+](=O)[O-])cc([N+](=O)[O-])c1)c1cccc2c(S(=O)(=O)O)cccc12. The van der Waals surface area contributed by atoms with E-state index >= 15 is 0 Å². The van der Waals surface area contributed by atoms with Crippen LogP contribution in [0.25, 0.3) is 10.8 Å². The van der Waals surface area contributed by atoms with Crippen molar-refractivity contribution in [2.45, 2.75) is 30.8 Å². The number of hydrogen-bond donors (Lipinski definition) is 2. The number of nitro groups is 2. The molecule has 3 aromatic carbocycles. The number of ether oxygens (including phenoxy) is 1. The minimum absolute atomic E-state index is 0.0146. The van der Waals surface area contributed by atoms with E-state index in [0.717, 1.165) is 23.1 Å². The Labute approximate surface area is 222 Å². The van der Waals surface area contributed by atoms with Gasteiger partial charge in [0, 0.05) is 36.1 Å². The first-order chi connectivity index (χ1) is 18.3. The summed E-state index contributed by atoms with van der Waals surface area (Å²) in [5.74, 6) is -1.71. The van der Waals surface area contributed by atoms with Crippen LogP contribution in [0.1, 0.15) is 24.2 Å². The van der Waals surface area contributed by atoms with E-state index in [2.05, 4.69) is 5.32 Å². The normalized spacial score (nSPS) is 12.2. The molecule has 1 unspecified atom stereocenters. The van der Waals surface area contributed by atoms with Gasteiger partial charge in [-0.05, 0) is 26.0 Å². The Bertz CT molecular complexity index is 1540. The highest BCUT2D eigenvalue weighted by atomic mass is 32.2. The molecule has 206 valence electrons. The lowest BCUT2D eigenvalue weighted by atomic mass is 10.0. The van der Waals surface area contributed by atoms with Gasteiger partial charge in [0.1, 0.15) is 10.9 Å². The van der Waals surface area contributed by atoms with Crippen molar-refractivity contribution in [2.24, 2.45) is 0 Å². The molecule has 2 N–H and O–H groups in total. The van der Waals surface area contributed by atoms with Gasteiger partial charge in [-0.15, -0.1) is 0 Å². The second kappa shape index (κ2) is 11.5. The van der Waals surface area contributed by atoms with Gasteiger partial charge in [-0.2, -0.15) is 8.42 Å². The van der Waals surface area contributed by atoms with Crippen LogP contribution in [0.5, 0.6) is 0 Å². The van der Waals surface area contributed by atoms with Gasteiger partial charge in [0.05, 0.1) is 33.8 Å². The Balaban J connectivity index is 2.38. The number of hydrogen-bond acceptors (Lipinski definition) is 9. The first-order valence-electron chi connectivity index (χ1n) is 11.3. The highest BCUT2D eigenvalue weighted by Gasteiger charge is 2.35. The number of nitro benzene ring substituents is 2. The van der Waals surface area contributed by atoms with Gasteiger partial charge in [0.25, 0.3) is 27.4 Å². The third-order valence-electron chi connectivity index (χ3n) is 5.56. The molecule has 0 heterocycles. The summed E-state index contributed by atoms with van der Waals surface area (Å²) in [6.07, 6.45) is 0. The quantitative estimate of drug-likeness (QED) is 0.211.